The number of ether oxygens (including phenoxy) is 2. The van der Waals surface area contributed by atoms with Crippen molar-refractivity contribution in [1.82, 2.24) is 0 Å². The number of carbonyl (C=O) groups excluding carboxylic acids is 1. The van der Waals surface area contributed by atoms with Gasteiger partial charge < -0.3 is 14.6 Å². The lowest BCUT2D eigenvalue weighted by Gasteiger charge is -2.14. The van der Waals surface area contributed by atoms with Crippen molar-refractivity contribution in [3.05, 3.63) is 59.2 Å². The van der Waals surface area contributed by atoms with Gasteiger partial charge in [-0.1, -0.05) is 20.8 Å². The average molecular weight is 384 g/mol. The van der Waals surface area contributed by atoms with E-state index in [-0.39, 0.29) is 12.2 Å². The maximum absolute atomic E-state index is 12.8. The lowest BCUT2D eigenvalue weighted by molar-refractivity contribution is -0.136. The first-order valence-corrected chi connectivity index (χ1v) is 9.65. The van der Waals surface area contributed by atoms with Crippen LogP contribution in [0.15, 0.2) is 42.5 Å². The minimum Gasteiger partial charge on any atom is -0.494 e. The zero-order valence-electron chi connectivity index (χ0n) is 16.7. The third kappa shape index (κ3) is 6.41. The Balaban J connectivity index is 2.21. The van der Waals surface area contributed by atoms with Gasteiger partial charge in [0.1, 0.15) is 11.5 Å². The second kappa shape index (κ2) is 10.5. The molecular weight excluding hydrogens is 356 g/mol. The summed E-state index contributed by atoms with van der Waals surface area (Å²) < 4.78 is 11.4. The molecule has 0 aliphatic heterocycles. The molecule has 0 aliphatic rings. The van der Waals surface area contributed by atoms with Crippen LogP contribution in [0, 0.1) is 5.92 Å². The van der Waals surface area contributed by atoms with Crippen molar-refractivity contribution in [1.29, 1.82) is 0 Å². The summed E-state index contributed by atoms with van der Waals surface area (Å²) in [6.45, 7) is 7.30. The predicted octanol–water partition coefficient (Wildman–Crippen LogP) is 4.76. The summed E-state index contributed by atoms with van der Waals surface area (Å²) >= 11 is 0. The number of hydrogen-bond donors (Lipinski definition) is 1. The smallest absolute Gasteiger partial charge is 0.303 e. The molecule has 0 fully saturated rings. The minimum atomic E-state index is -0.880. The average Bonchev–Trinajstić information content (AvgIpc) is 2.69. The van der Waals surface area contributed by atoms with E-state index in [1.54, 1.807) is 42.5 Å². The lowest BCUT2D eigenvalue weighted by Crippen LogP contribution is -2.09. The third-order valence-corrected chi connectivity index (χ3v) is 4.09. The number of ketones is 1. The number of benzene rings is 2. The van der Waals surface area contributed by atoms with Crippen molar-refractivity contribution in [3.63, 3.8) is 0 Å². The van der Waals surface area contributed by atoms with E-state index in [4.69, 9.17) is 14.6 Å². The molecule has 0 bridgehead atoms. The van der Waals surface area contributed by atoms with Gasteiger partial charge in [-0.2, -0.15) is 0 Å². The highest BCUT2D eigenvalue weighted by Gasteiger charge is 2.14. The highest BCUT2D eigenvalue weighted by Crippen LogP contribution is 2.24. The summed E-state index contributed by atoms with van der Waals surface area (Å²) in [4.78, 5) is 23.8. The van der Waals surface area contributed by atoms with E-state index in [0.717, 1.165) is 17.7 Å². The van der Waals surface area contributed by atoms with E-state index in [0.29, 0.717) is 42.4 Å². The van der Waals surface area contributed by atoms with E-state index in [1.165, 1.54) is 0 Å². The summed E-state index contributed by atoms with van der Waals surface area (Å²) in [5.74, 6) is 0.720. The van der Waals surface area contributed by atoms with Crippen molar-refractivity contribution < 1.29 is 24.2 Å². The molecule has 0 heterocycles. The van der Waals surface area contributed by atoms with Crippen LogP contribution < -0.4 is 9.47 Å². The SMILES string of the molecule is CCCOc1ccc(C(=O)c2ccc(OCC(C)C)c(CCC(=O)O)c2)cc1. The third-order valence-electron chi connectivity index (χ3n) is 4.09. The van der Waals surface area contributed by atoms with Crippen molar-refractivity contribution in [2.24, 2.45) is 5.92 Å². The molecule has 2 rings (SSSR count). The monoisotopic (exact) mass is 384 g/mol. The summed E-state index contributed by atoms with van der Waals surface area (Å²) in [6, 6.07) is 12.3. The fraction of sp³-hybridized carbons (Fsp3) is 0.391. The molecule has 0 atom stereocenters. The van der Waals surface area contributed by atoms with Gasteiger partial charge in [-0.3, -0.25) is 9.59 Å². The molecule has 150 valence electrons. The second-order valence-electron chi connectivity index (χ2n) is 7.12. The van der Waals surface area contributed by atoms with Gasteiger partial charge in [0, 0.05) is 17.5 Å². The Morgan fingerprint density at radius 2 is 1.68 bits per heavy atom. The molecule has 2 aromatic rings. The highest BCUT2D eigenvalue weighted by atomic mass is 16.5. The summed E-state index contributed by atoms with van der Waals surface area (Å²) in [5, 5.41) is 9.01. The number of aryl methyl sites for hydroxylation is 1. The number of aliphatic carboxylic acids is 1. The molecule has 28 heavy (non-hydrogen) atoms. The van der Waals surface area contributed by atoms with Crippen molar-refractivity contribution in [2.75, 3.05) is 13.2 Å². The molecule has 0 saturated carbocycles. The first kappa shape index (κ1) is 21.5. The van der Waals surface area contributed by atoms with E-state index in [2.05, 4.69) is 0 Å². The molecule has 0 spiro atoms. The van der Waals surface area contributed by atoms with Gasteiger partial charge in [0.25, 0.3) is 0 Å². The van der Waals surface area contributed by atoms with E-state index in [1.807, 2.05) is 20.8 Å². The minimum absolute atomic E-state index is 0.0147. The molecule has 2 aromatic carbocycles. The van der Waals surface area contributed by atoms with Crippen LogP contribution in [0.2, 0.25) is 0 Å². The Labute approximate surface area is 166 Å². The Hall–Kier alpha value is -2.82. The number of carboxylic acid groups (broad SMARTS) is 1. The topological polar surface area (TPSA) is 72.8 Å². The van der Waals surface area contributed by atoms with Gasteiger partial charge in [0.05, 0.1) is 13.2 Å². The molecule has 0 aliphatic carbocycles. The number of rotatable bonds is 11. The van der Waals surface area contributed by atoms with Gasteiger partial charge >= 0.3 is 5.97 Å². The number of carbonyl (C=O) groups is 2. The first-order valence-electron chi connectivity index (χ1n) is 9.65. The molecule has 0 aromatic heterocycles. The van der Waals surface area contributed by atoms with E-state index < -0.39 is 5.97 Å². The fourth-order valence-corrected chi connectivity index (χ4v) is 2.64. The van der Waals surface area contributed by atoms with Crippen LogP contribution >= 0.6 is 0 Å². The second-order valence-corrected chi connectivity index (χ2v) is 7.12. The maximum atomic E-state index is 12.8. The number of hydrogen-bond acceptors (Lipinski definition) is 4. The van der Waals surface area contributed by atoms with Crippen molar-refractivity contribution in [2.45, 2.75) is 40.0 Å². The van der Waals surface area contributed by atoms with Gasteiger partial charge in [0.15, 0.2) is 5.78 Å². The quantitative estimate of drug-likeness (QED) is 0.566. The van der Waals surface area contributed by atoms with Gasteiger partial charge in [-0.15, -0.1) is 0 Å². The molecular formula is C23H28O5. The van der Waals surface area contributed by atoms with Crippen LogP contribution in [0.25, 0.3) is 0 Å². The van der Waals surface area contributed by atoms with Crippen LogP contribution in [0.4, 0.5) is 0 Å². The highest BCUT2D eigenvalue weighted by molar-refractivity contribution is 6.09. The largest absolute Gasteiger partial charge is 0.494 e. The fourth-order valence-electron chi connectivity index (χ4n) is 2.64. The first-order chi connectivity index (χ1) is 13.4. The Bertz CT molecular complexity index is 793. The molecule has 0 saturated heterocycles. The molecule has 1 N–H and O–H groups in total. The maximum Gasteiger partial charge on any atom is 0.303 e. The standard InChI is InChI=1S/C23H28O5/c1-4-13-27-20-9-5-17(6-10-20)23(26)19-7-11-21(28-15-16(2)3)18(14-19)8-12-22(24)25/h5-7,9-11,14,16H,4,8,12-13,15H2,1-3H3,(H,24,25). The van der Waals surface area contributed by atoms with Crippen LogP contribution in [0.1, 0.15) is 55.1 Å². The van der Waals surface area contributed by atoms with Crippen LogP contribution in [-0.2, 0) is 11.2 Å². The zero-order chi connectivity index (χ0) is 20.5. The van der Waals surface area contributed by atoms with Crippen molar-refractivity contribution in [3.8, 4) is 11.5 Å². The summed E-state index contributed by atoms with van der Waals surface area (Å²) in [7, 11) is 0. The van der Waals surface area contributed by atoms with E-state index in [9.17, 15) is 9.59 Å². The van der Waals surface area contributed by atoms with Crippen LogP contribution in [0.5, 0.6) is 11.5 Å². The van der Waals surface area contributed by atoms with E-state index >= 15 is 0 Å². The van der Waals surface area contributed by atoms with Crippen LogP contribution in [0.3, 0.4) is 0 Å². The Morgan fingerprint density at radius 1 is 1.00 bits per heavy atom. The van der Waals surface area contributed by atoms with Gasteiger partial charge in [0.2, 0.25) is 0 Å². The molecule has 0 unspecified atom stereocenters. The van der Waals surface area contributed by atoms with Crippen molar-refractivity contribution >= 4 is 11.8 Å². The van der Waals surface area contributed by atoms with Gasteiger partial charge in [-0.25, -0.2) is 0 Å². The van der Waals surface area contributed by atoms with Gasteiger partial charge in [-0.05, 0) is 66.8 Å². The number of carboxylic acids is 1. The normalized spacial score (nSPS) is 10.7. The zero-order valence-corrected chi connectivity index (χ0v) is 16.7. The predicted molar refractivity (Wildman–Crippen MR) is 108 cm³/mol. The molecule has 5 nitrogen and oxygen atoms in total. The van der Waals surface area contributed by atoms with Crippen LogP contribution in [-0.4, -0.2) is 30.1 Å². The molecule has 0 radical (unpaired) electrons. The summed E-state index contributed by atoms with van der Waals surface area (Å²) in [5.41, 5.74) is 1.81. The summed E-state index contributed by atoms with van der Waals surface area (Å²) in [6.07, 6.45) is 1.22. The lowest BCUT2D eigenvalue weighted by atomic mass is 9.98. The Morgan fingerprint density at radius 3 is 2.29 bits per heavy atom. The molecule has 0 amide bonds. The Kier molecular flexibility index (Phi) is 8.05. The molecule has 5 heteroatoms.